The number of hydrogen-bond acceptors (Lipinski definition) is 6. The van der Waals surface area contributed by atoms with Crippen LogP contribution in [0.2, 0.25) is 64.5 Å². The average Bonchev–Trinajstić information content (AvgIpc) is 2.59. The smallest absolute Gasteiger partial charge is 0.466 e. The lowest BCUT2D eigenvalue weighted by atomic mass is 9.85. The van der Waals surface area contributed by atoms with E-state index in [9.17, 15) is 9.59 Å². The molecule has 1 fully saturated rings. The summed E-state index contributed by atoms with van der Waals surface area (Å²) in [5.74, 6) is -1.25. The van der Waals surface area contributed by atoms with E-state index in [1.165, 1.54) is 32.1 Å². The molecule has 33 heavy (non-hydrogen) atoms. The Labute approximate surface area is 205 Å². The molecule has 1 N–H and O–H groups in total. The van der Waals surface area contributed by atoms with Crippen LogP contribution in [0.1, 0.15) is 38.5 Å². The molecule has 1 unspecified atom stereocenters. The van der Waals surface area contributed by atoms with Gasteiger partial charge in [0.2, 0.25) is 0 Å². The number of carboxylic acids is 1. The third-order valence-electron chi connectivity index (χ3n) is 5.58. The first-order chi connectivity index (χ1) is 14.9. The minimum absolute atomic E-state index is 0.256. The molecule has 1 saturated carbocycles. The maximum absolute atomic E-state index is 11.9. The van der Waals surface area contributed by atoms with Gasteiger partial charge in [0, 0.05) is 18.7 Å². The summed E-state index contributed by atoms with van der Waals surface area (Å²) < 4.78 is 25.6. The van der Waals surface area contributed by atoms with Crippen LogP contribution in [0, 0.1) is 5.92 Å². The summed E-state index contributed by atoms with van der Waals surface area (Å²) in [7, 11) is -8.97. The molecule has 0 aliphatic heterocycles. The molecule has 192 valence electrons. The van der Waals surface area contributed by atoms with E-state index in [0.29, 0.717) is 17.9 Å². The van der Waals surface area contributed by atoms with Crippen molar-refractivity contribution >= 4 is 45.7 Å². The summed E-state index contributed by atoms with van der Waals surface area (Å²) >= 11 is 0. The number of aliphatic carboxylic acids is 1. The molecule has 0 spiro atoms. The molecule has 1 aliphatic carbocycles. The van der Waals surface area contributed by atoms with Crippen LogP contribution in [0.5, 0.6) is 0 Å². The number of carboxylic acid groups (broad SMARTS) is 1. The van der Waals surface area contributed by atoms with Crippen LogP contribution in [0.3, 0.4) is 0 Å². The Kier molecular flexibility index (Phi) is 11.5. The number of ether oxygens (including phenoxy) is 1. The van der Waals surface area contributed by atoms with Crippen LogP contribution in [-0.4, -0.2) is 57.4 Å². The summed E-state index contributed by atoms with van der Waals surface area (Å²) in [6, 6.07) is 0. The van der Waals surface area contributed by atoms with Gasteiger partial charge in [-0.25, -0.2) is 9.59 Å². The van der Waals surface area contributed by atoms with Gasteiger partial charge in [0.05, 0.1) is 6.61 Å². The van der Waals surface area contributed by atoms with Crippen molar-refractivity contribution in [3.63, 3.8) is 0 Å². The Morgan fingerprint density at radius 3 is 1.82 bits per heavy atom. The third-order valence-corrected chi connectivity index (χ3v) is 19.6. The molecule has 0 amide bonds. The topological polar surface area (TPSA) is 91.3 Å². The van der Waals surface area contributed by atoms with E-state index in [2.05, 4.69) is 58.9 Å². The van der Waals surface area contributed by atoms with Crippen LogP contribution < -0.4 is 0 Å². The van der Waals surface area contributed by atoms with Gasteiger partial charge < -0.3 is 22.2 Å². The van der Waals surface area contributed by atoms with Crippen LogP contribution in [0.4, 0.5) is 0 Å². The van der Waals surface area contributed by atoms with E-state index in [1.54, 1.807) is 0 Å². The minimum atomic E-state index is -2.87. The number of carbonyl (C=O) groups is 2. The van der Waals surface area contributed by atoms with Gasteiger partial charge in [0.25, 0.3) is 0 Å². The fourth-order valence-electron chi connectivity index (χ4n) is 4.89. The standard InChI is InChI=1S/C22H46O7Si4/c1-30(2,3)27-33(9,28-31(4,5)6)29-32(7,8)20(19-13-11-10-12-14-19)17-18-26-22(25)16-15-21(23)24/h15-16,19-20H,10-14,17-18H2,1-9H3,(H,23,24)/b16-15+. The van der Waals surface area contributed by atoms with Crippen molar-refractivity contribution in [3.8, 4) is 0 Å². The first-order valence-corrected chi connectivity index (χ1v) is 24.1. The average molecular weight is 535 g/mol. The van der Waals surface area contributed by atoms with Gasteiger partial charge in [-0.3, -0.25) is 0 Å². The lowest BCUT2D eigenvalue weighted by molar-refractivity contribution is -0.139. The predicted octanol–water partition coefficient (Wildman–Crippen LogP) is 6.00. The molecule has 0 heterocycles. The summed E-state index contributed by atoms with van der Waals surface area (Å²) in [4.78, 5) is 22.5. The van der Waals surface area contributed by atoms with Crippen LogP contribution >= 0.6 is 0 Å². The molecule has 0 aromatic heterocycles. The van der Waals surface area contributed by atoms with Gasteiger partial charge in [-0.1, -0.05) is 32.1 Å². The molecule has 0 aromatic carbocycles. The second-order valence-electron chi connectivity index (χ2n) is 11.6. The highest BCUT2D eigenvalue weighted by atomic mass is 28.5. The molecule has 1 rings (SSSR count). The van der Waals surface area contributed by atoms with Crippen molar-refractivity contribution in [1.82, 2.24) is 0 Å². The van der Waals surface area contributed by atoms with Gasteiger partial charge in [0.15, 0.2) is 25.0 Å². The SMILES string of the molecule is C[Si](C)(C)O[Si](C)(O[Si](C)(C)C)O[Si](C)(C)C(CCOC(=O)/C=C/C(=O)O)C1CCCCC1. The lowest BCUT2D eigenvalue weighted by Crippen LogP contribution is -2.60. The number of rotatable bonds is 13. The highest BCUT2D eigenvalue weighted by Crippen LogP contribution is 2.43. The monoisotopic (exact) mass is 534 g/mol. The molecular weight excluding hydrogens is 489 g/mol. The Bertz CT molecular complexity index is 661. The summed E-state index contributed by atoms with van der Waals surface area (Å²) in [5.41, 5.74) is 0.302. The zero-order valence-electron chi connectivity index (χ0n) is 22.2. The Balaban J connectivity index is 3.06. The van der Waals surface area contributed by atoms with Gasteiger partial charge in [-0.2, -0.15) is 0 Å². The highest BCUT2D eigenvalue weighted by Gasteiger charge is 2.50. The van der Waals surface area contributed by atoms with Crippen molar-refractivity contribution in [2.75, 3.05) is 6.61 Å². The Morgan fingerprint density at radius 2 is 1.36 bits per heavy atom. The van der Waals surface area contributed by atoms with Crippen molar-refractivity contribution in [3.05, 3.63) is 12.2 Å². The Morgan fingerprint density at radius 1 is 0.848 bits per heavy atom. The summed E-state index contributed by atoms with van der Waals surface area (Å²) in [5, 5.41) is 8.70. The van der Waals surface area contributed by atoms with Gasteiger partial charge in [0.1, 0.15) is 0 Å². The second-order valence-corrected chi connectivity index (χ2v) is 28.2. The minimum Gasteiger partial charge on any atom is -0.478 e. The van der Waals surface area contributed by atoms with Crippen molar-refractivity contribution in [2.45, 2.75) is 103 Å². The molecule has 0 aromatic rings. The first-order valence-electron chi connectivity index (χ1n) is 12.1. The van der Waals surface area contributed by atoms with E-state index in [4.69, 9.17) is 22.2 Å². The summed E-state index contributed by atoms with van der Waals surface area (Å²) in [6.07, 6.45) is 8.52. The fourth-order valence-corrected chi connectivity index (χ4v) is 22.1. The molecule has 7 nitrogen and oxygen atoms in total. The van der Waals surface area contributed by atoms with E-state index in [-0.39, 0.29) is 6.61 Å². The van der Waals surface area contributed by atoms with Crippen LogP contribution in [-0.2, 0) is 26.7 Å². The molecule has 0 radical (unpaired) electrons. The van der Waals surface area contributed by atoms with Crippen molar-refractivity contribution < 1.29 is 31.8 Å². The maximum atomic E-state index is 11.9. The first kappa shape index (κ1) is 30.5. The second kappa shape index (κ2) is 12.4. The largest absolute Gasteiger partial charge is 0.478 e. The quantitative estimate of drug-likeness (QED) is 0.176. The van der Waals surface area contributed by atoms with Gasteiger partial charge in [-0.05, 0) is 70.3 Å². The molecule has 1 aliphatic rings. The third kappa shape index (κ3) is 12.6. The van der Waals surface area contributed by atoms with E-state index in [1.807, 2.05) is 0 Å². The van der Waals surface area contributed by atoms with Crippen LogP contribution in [0.15, 0.2) is 12.2 Å². The number of carbonyl (C=O) groups excluding carboxylic acids is 1. The molecule has 11 heteroatoms. The van der Waals surface area contributed by atoms with E-state index >= 15 is 0 Å². The fraction of sp³-hybridized carbons (Fsp3) is 0.818. The summed E-state index contributed by atoms with van der Waals surface area (Å²) in [6.45, 7) is 19.9. The molecule has 0 saturated heterocycles. The Hall–Kier alpha value is -0.572. The predicted molar refractivity (Wildman–Crippen MR) is 142 cm³/mol. The van der Waals surface area contributed by atoms with Crippen LogP contribution in [0.25, 0.3) is 0 Å². The van der Waals surface area contributed by atoms with Crippen molar-refractivity contribution in [1.29, 1.82) is 0 Å². The lowest BCUT2D eigenvalue weighted by Gasteiger charge is -2.46. The zero-order chi connectivity index (χ0) is 25.5. The van der Waals surface area contributed by atoms with E-state index < -0.39 is 45.7 Å². The number of hydrogen-bond donors (Lipinski definition) is 1. The normalized spacial score (nSPS) is 17.8. The molecular formula is C22H46O7Si4. The van der Waals surface area contributed by atoms with E-state index in [0.717, 1.165) is 12.2 Å². The number of esters is 1. The van der Waals surface area contributed by atoms with Gasteiger partial charge in [-0.15, -0.1) is 0 Å². The molecule has 0 bridgehead atoms. The maximum Gasteiger partial charge on any atom is 0.466 e. The highest BCUT2D eigenvalue weighted by molar-refractivity contribution is 6.90. The zero-order valence-corrected chi connectivity index (χ0v) is 26.2. The molecule has 1 atom stereocenters. The van der Waals surface area contributed by atoms with Gasteiger partial charge >= 0.3 is 20.7 Å². The van der Waals surface area contributed by atoms with Crippen molar-refractivity contribution in [2.24, 2.45) is 5.92 Å².